The van der Waals surface area contributed by atoms with E-state index in [0.717, 1.165) is 54.1 Å². The van der Waals surface area contributed by atoms with Crippen molar-refractivity contribution in [3.63, 3.8) is 0 Å². The molecule has 1 aliphatic carbocycles. The van der Waals surface area contributed by atoms with Crippen LogP contribution in [0.3, 0.4) is 0 Å². The zero-order chi connectivity index (χ0) is 17.4. The largest absolute Gasteiger partial charge is 0.333 e. The fraction of sp³-hybridized carbons (Fsp3) is 0.474. The highest BCUT2D eigenvalue weighted by molar-refractivity contribution is 7.15. The first-order valence-electron chi connectivity index (χ1n) is 8.95. The Bertz CT molecular complexity index is 769. The van der Waals surface area contributed by atoms with Gasteiger partial charge in [0, 0.05) is 25.0 Å². The van der Waals surface area contributed by atoms with Crippen LogP contribution in [-0.2, 0) is 0 Å². The maximum atomic E-state index is 13.3. The summed E-state index contributed by atoms with van der Waals surface area (Å²) in [6.45, 7) is 1.22. The molecule has 1 unspecified atom stereocenters. The third-order valence-electron chi connectivity index (χ3n) is 5.04. The van der Waals surface area contributed by atoms with Gasteiger partial charge in [0.05, 0.1) is 9.88 Å². The number of likely N-dealkylation sites (tertiary alicyclic amines) is 1. The van der Waals surface area contributed by atoms with E-state index in [0.29, 0.717) is 18.2 Å². The molecule has 1 aliphatic heterocycles. The van der Waals surface area contributed by atoms with Gasteiger partial charge in [-0.3, -0.25) is 4.79 Å². The summed E-state index contributed by atoms with van der Waals surface area (Å²) in [7, 11) is 0. The van der Waals surface area contributed by atoms with Crippen molar-refractivity contribution in [2.45, 2.75) is 44.1 Å². The summed E-state index contributed by atoms with van der Waals surface area (Å²) in [6.07, 6.45) is 5.35. The number of carbonyl (C=O) groups excluding carboxylic acids is 1. The molecule has 2 aliphatic rings. The van der Waals surface area contributed by atoms with E-state index >= 15 is 0 Å². The number of halogens is 1. The van der Waals surface area contributed by atoms with Gasteiger partial charge >= 0.3 is 0 Å². The molecule has 1 atom stereocenters. The summed E-state index contributed by atoms with van der Waals surface area (Å²) in [5.74, 6) is 0.179. The molecular formula is C19H22FN3OS. The highest BCUT2D eigenvalue weighted by atomic mass is 32.1. The zero-order valence-electron chi connectivity index (χ0n) is 14.1. The third-order valence-corrected chi connectivity index (χ3v) is 6.31. The second-order valence-electron chi connectivity index (χ2n) is 6.89. The summed E-state index contributed by atoms with van der Waals surface area (Å²) in [4.78, 5) is 20.7. The molecule has 0 radical (unpaired) electrons. The molecule has 4 nitrogen and oxygen atoms in total. The van der Waals surface area contributed by atoms with Crippen LogP contribution in [-0.4, -0.2) is 34.9 Å². The van der Waals surface area contributed by atoms with Crippen molar-refractivity contribution in [3.05, 3.63) is 40.8 Å². The van der Waals surface area contributed by atoms with E-state index in [1.54, 1.807) is 23.5 Å². The molecule has 4 rings (SSSR count). The summed E-state index contributed by atoms with van der Waals surface area (Å²) in [5, 5.41) is 1.03. The lowest BCUT2D eigenvalue weighted by atomic mass is 10.0. The number of rotatable bonds is 4. The molecule has 1 saturated heterocycles. The molecule has 1 amide bonds. The van der Waals surface area contributed by atoms with Gasteiger partial charge in [-0.05, 0) is 49.8 Å². The van der Waals surface area contributed by atoms with Crippen LogP contribution >= 0.6 is 11.3 Å². The Balaban J connectivity index is 1.72. The Morgan fingerprint density at radius 1 is 1.24 bits per heavy atom. The second-order valence-corrected chi connectivity index (χ2v) is 7.93. The maximum absolute atomic E-state index is 13.3. The van der Waals surface area contributed by atoms with Crippen molar-refractivity contribution in [1.82, 2.24) is 9.88 Å². The Kier molecular flexibility index (Phi) is 4.56. The van der Waals surface area contributed by atoms with E-state index in [1.165, 1.54) is 12.1 Å². The van der Waals surface area contributed by atoms with Crippen LogP contribution in [0.2, 0.25) is 0 Å². The van der Waals surface area contributed by atoms with Crippen LogP contribution < -0.4 is 5.73 Å². The summed E-state index contributed by atoms with van der Waals surface area (Å²) >= 11 is 1.58. The van der Waals surface area contributed by atoms with Crippen LogP contribution in [0.5, 0.6) is 0 Å². The molecule has 2 fully saturated rings. The number of nitrogens with two attached hydrogens (primary N) is 1. The number of thiazole rings is 1. The number of carbonyl (C=O) groups is 1. The molecule has 0 bridgehead atoms. The van der Waals surface area contributed by atoms with Crippen molar-refractivity contribution >= 4 is 17.2 Å². The molecule has 1 saturated carbocycles. The van der Waals surface area contributed by atoms with Crippen molar-refractivity contribution < 1.29 is 9.18 Å². The van der Waals surface area contributed by atoms with Crippen LogP contribution in [0.1, 0.15) is 53.5 Å². The minimum absolute atomic E-state index is 0.0300. The zero-order valence-corrected chi connectivity index (χ0v) is 14.9. The lowest BCUT2D eigenvalue weighted by molar-refractivity contribution is 0.0618. The lowest BCUT2D eigenvalue weighted by Gasteiger charge is -2.34. The minimum Gasteiger partial charge on any atom is -0.333 e. The first kappa shape index (κ1) is 16.7. The SMILES string of the molecule is NCC1CCCCN1C(=O)c1nc(C2CC2)sc1-c1ccc(F)cc1. The molecule has 6 heteroatoms. The average Bonchev–Trinajstić information content (AvgIpc) is 3.41. The van der Waals surface area contributed by atoms with Crippen LogP contribution in [0.4, 0.5) is 4.39 Å². The molecule has 25 heavy (non-hydrogen) atoms. The quantitative estimate of drug-likeness (QED) is 0.904. The van der Waals surface area contributed by atoms with Gasteiger partial charge in [-0.2, -0.15) is 0 Å². The van der Waals surface area contributed by atoms with Gasteiger partial charge in [0.2, 0.25) is 0 Å². The number of hydrogen-bond donors (Lipinski definition) is 1. The fourth-order valence-corrected chi connectivity index (χ4v) is 4.66. The first-order valence-corrected chi connectivity index (χ1v) is 9.76. The fourth-order valence-electron chi connectivity index (χ4n) is 3.43. The van der Waals surface area contributed by atoms with Crippen molar-refractivity contribution in [2.24, 2.45) is 5.73 Å². The number of aromatic nitrogens is 1. The smallest absolute Gasteiger partial charge is 0.274 e. The van der Waals surface area contributed by atoms with Crippen LogP contribution in [0.25, 0.3) is 10.4 Å². The number of nitrogens with zero attached hydrogens (tertiary/aromatic N) is 2. The molecule has 2 N–H and O–H groups in total. The van der Waals surface area contributed by atoms with E-state index in [2.05, 4.69) is 0 Å². The monoisotopic (exact) mass is 359 g/mol. The van der Waals surface area contributed by atoms with Gasteiger partial charge in [0.1, 0.15) is 11.5 Å². The minimum atomic E-state index is -0.275. The topological polar surface area (TPSA) is 59.2 Å². The van der Waals surface area contributed by atoms with Crippen molar-refractivity contribution in [3.8, 4) is 10.4 Å². The summed E-state index contributed by atoms with van der Waals surface area (Å²) < 4.78 is 13.3. The third kappa shape index (κ3) is 3.33. The maximum Gasteiger partial charge on any atom is 0.274 e. The van der Waals surface area contributed by atoms with E-state index in [-0.39, 0.29) is 17.8 Å². The van der Waals surface area contributed by atoms with E-state index in [9.17, 15) is 9.18 Å². The van der Waals surface area contributed by atoms with E-state index < -0.39 is 0 Å². The van der Waals surface area contributed by atoms with Crippen LogP contribution in [0.15, 0.2) is 24.3 Å². The van der Waals surface area contributed by atoms with Gasteiger partial charge in [-0.1, -0.05) is 12.1 Å². The Morgan fingerprint density at radius 3 is 2.68 bits per heavy atom. The number of amides is 1. The Morgan fingerprint density at radius 2 is 2.00 bits per heavy atom. The normalized spacial score (nSPS) is 20.7. The van der Waals surface area contributed by atoms with Gasteiger partial charge in [-0.15, -0.1) is 11.3 Å². The molecule has 2 aromatic rings. The highest BCUT2D eigenvalue weighted by Gasteiger charge is 2.34. The second kappa shape index (κ2) is 6.84. The number of hydrogen-bond acceptors (Lipinski definition) is 4. The predicted octanol–water partition coefficient (Wildman–Crippen LogP) is 3.78. The summed E-state index contributed by atoms with van der Waals surface area (Å²) in [6, 6.07) is 6.42. The Hall–Kier alpha value is -1.79. The van der Waals surface area contributed by atoms with Crippen molar-refractivity contribution in [1.29, 1.82) is 0 Å². The predicted molar refractivity (Wildman–Crippen MR) is 97.2 cm³/mol. The number of benzene rings is 1. The summed E-state index contributed by atoms with van der Waals surface area (Å²) in [5.41, 5.74) is 7.26. The lowest BCUT2D eigenvalue weighted by Crippen LogP contribution is -2.47. The van der Waals surface area contributed by atoms with Gasteiger partial charge in [-0.25, -0.2) is 9.37 Å². The van der Waals surface area contributed by atoms with Crippen LogP contribution in [0, 0.1) is 5.82 Å². The van der Waals surface area contributed by atoms with E-state index in [4.69, 9.17) is 10.7 Å². The van der Waals surface area contributed by atoms with Gasteiger partial charge < -0.3 is 10.6 Å². The average molecular weight is 359 g/mol. The molecule has 132 valence electrons. The molecule has 0 spiro atoms. The standard InChI is InChI=1S/C19H22FN3OS/c20-14-8-6-12(7-9-14)17-16(22-18(25-17)13-4-5-13)19(24)23-10-2-1-3-15(23)11-21/h6-9,13,15H,1-5,10-11,21H2. The molecule has 2 heterocycles. The Labute approximate surface area is 150 Å². The first-order chi connectivity index (χ1) is 12.2. The number of piperidine rings is 1. The highest BCUT2D eigenvalue weighted by Crippen LogP contribution is 2.45. The van der Waals surface area contributed by atoms with Gasteiger partial charge in [0.15, 0.2) is 0 Å². The molecule has 1 aromatic carbocycles. The molecular weight excluding hydrogens is 337 g/mol. The van der Waals surface area contributed by atoms with Gasteiger partial charge in [0.25, 0.3) is 5.91 Å². The molecule has 1 aromatic heterocycles. The van der Waals surface area contributed by atoms with Crippen molar-refractivity contribution in [2.75, 3.05) is 13.1 Å². The van der Waals surface area contributed by atoms with E-state index in [1.807, 2.05) is 4.90 Å².